The van der Waals surface area contributed by atoms with Crippen LogP contribution in [0.3, 0.4) is 0 Å². The number of carbonyl (C=O) groups excluding carboxylic acids is 1. The van der Waals surface area contributed by atoms with Gasteiger partial charge in [-0.05, 0) is 49.4 Å². The van der Waals surface area contributed by atoms with Gasteiger partial charge in [0, 0.05) is 11.4 Å². The molecule has 0 fully saturated rings. The number of methoxy groups -OCH3 is 1. The number of nitrogens with one attached hydrogen (secondary N) is 1. The third-order valence-corrected chi connectivity index (χ3v) is 2.89. The minimum Gasteiger partial charge on any atom is -0.494 e. The van der Waals surface area contributed by atoms with Crippen LogP contribution in [0.5, 0.6) is 5.75 Å². The summed E-state index contributed by atoms with van der Waals surface area (Å²) in [7, 11) is 1.34. The predicted octanol–water partition coefficient (Wildman–Crippen LogP) is 3.20. The summed E-state index contributed by atoms with van der Waals surface area (Å²) in [5.74, 6) is 0.365. The van der Waals surface area contributed by atoms with Gasteiger partial charge in [-0.1, -0.05) is 0 Å². The van der Waals surface area contributed by atoms with Gasteiger partial charge in [-0.2, -0.15) is 0 Å². The molecule has 0 saturated carbocycles. The van der Waals surface area contributed by atoms with Crippen LogP contribution in [-0.2, 0) is 4.74 Å². The maximum Gasteiger partial charge on any atom is 0.340 e. The van der Waals surface area contributed by atoms with Crippen LogP contribution in [0.25, 0.3) is 0 Å². The van der Waals surface area contributed by atoms with E-state index in [1.165, 1.54) is 7.11 Å². The van der Waals surface area contributed by atoms with E-state index >= 15 is 0 Å². The highest BCUT2D eigenvalue weighted by Crippen LogP contribution is 2.25. The van der Waals surface area contributed by atoms with E-state index in [9.17, 15) is 4.79 Å². The molecular formula is C16H18N2O3. The lowest BCUT2D eigenvalue weighted by Crippen LogP contribution is -2.06. The van der Waals surface area contributed by atoms with Crippen molar-refractivity contribution in [3.63, 3.8) is 0 Å². The molecule has 2 aromatic carbocycles. The quantitative estimate of drug-likeness (QED) is 0.652. The lowest BCUT2D eigenvalue weighted by Gasteiger charge is -2.12. The molecule has 0 spiro atoms. The van der Waals surface area contributed by atoms with E-state index in [2.05, 4.69) is 5.32 Å². The van der Waals surface area contributed by atoms with E-state index in [0.29, 0.717) is 23.5 Å². The van der Waals surface area contributed by atoms with Crippen LogP contribution < -0.4 is 15.8 Å². The molecule has 2 aromatic rings. The predicted molar refractivity (Wildman–Crippen MR) is 83.1 cm³/mol. The van der Waals surface area contributed by atoms with Crippen molar-refractivity contribution in [3.8, 4) is 5.75 Å². The largest absolute Gasteiger partial charge is 0.494 e. The highest BCUT2D eigenvalue weighted by atomic mass is 16.5. The second kappa shape index (κ2) is 6.65. The number of nitrogen functional groups attached to an aromatic ring is 1. The van der Waals surface area contributed by atoms with Crippen LogP contribution >= 0.6 is 0 Å². The minimum atomic E-state index is -0.435. The molecule has 2 rings (SSSR count). The van der Waals surface area contributed by atoms with Gasteiger partial charge in [-0.25, -0.2) is 4.79 Å². The Morgan fingerprint density at radius 3 is 2.52 bits per heavy atom. The molecule has 0 bridgehead atoms. The van der Waals surface area contributed by atoms with E-state index in [1.54, 1.807) is 18.2 Å². The van der Waals surface area contributed by atoms with Gasteiger partial charge in [-0.15, -0.1) is 0 Å². The highest BCUT2D eigenvalue weighted by molar-refractivity contribution is 5.97. The Kier molecular flexibility index (Phi) is 4.66. The van der Waals surface area contributed by atoms with E-state index < -0.39 is 5.97 Å². The average molecular weight is 286 g/mol. The zero-order valence-electron chi connectivity index (χ0n) is 12.1. The van der Waals surface area contributed by atoms with Gasteiger partial charge >= 0.3 is 5.97 Å². The first-order valence-electron chi connectivity index (χ1n) is 6.61. The van der Waals surface area contributed by atoms with Crippen molar-refractivity contribution in [2.75, 3.05) is 24.8 Å². The van der Waals surface area contributed by atoms with Gasteiger partial charge in [0.05, 0.1) is 25.0 Å². The molecule has 0 aliphatic heterocycles. The maximum absolute atomic E-state index is 11.8. The Labute approximate surface area is 123 Å². The molecule has 0 atom stereocenters. The third kappa shape index (κ3) is 3.66. The van der Waals surface area contributed by atoms with E-state index in [0.717, 1.165) is 11.4 Å². The number of hydrogen-bond donors (Lipinski definition) is 2. The second-order valence-corrected chi connectivity index (χ2v) is 4.38. The van der Waals surface area contributed by atoms with Gasteiger partial charge in [0.15, 0.2) is 0 Å². The van der Waals surface area contributed by atoms with Crippen LogP contribution in [0.15, 0.2) is 42.5 Å². The first-order chi connectivity index (χ1) is 10.1. The van der Waals surface area contributed by atoms with Crippen LogP contribution in [0.1, 0.15) is 17.3 Å². The molecule has 3 N–H and O–H groups in total. The number of nitrogens with two attached hydrogens (primary N) is 1. The molecule has 0 aliphatic rings. The fourth-order valence-corrected chi connectivity index (χ4v) is 1.91. The molecule has 0 heterocycles. The molecule has 5 nitrogen and oxygen atoms in total. The number of hydrogen-bond acceptors (Lipinski definition) is 5. The topological polar surface area (TPSA) is 73.6 Å². The molecule has 5 heteroatoms. The van der Waals surface area contributed by atoms with E-state index in [4.69, 9.17) is 15.2 Å². The third-order valence-electron chi connectivity index (χ3n) is 2.89. The Morgan fingerprint density at radius 2 is 1.90 bits per heavy atom. The lowest BCUT2D eigenvalue weighted by molar-refractivity contribution is 0.0602. The molecule has 0 aliphatic carbocycles. The molecule has 110 valence electrons. The Morgan fingerprint density at radius 1 is 1.19 bits per heavy atom. The minimum absolute atomic E-state index is 0.395. The second-order valence-electron chi connectivity index (χ2n) is 4.38. The average Bonchev–Trinajstić information content (AvgIpc) is 2.50. The summed E-state index contributed by atoms with van der Waals surface area (Å²) in [6.45, 7) is 2.56. The number of ether oxygens (including phenoxy) is 2. The summed E-state index contributed by atoms with van der Waals surface area (Å²) in [5.41, 5.74) is 8.10. The van der Waals surface area contributed by atoms with Crippen molar-refractivity contribution in [2.45, 2.75) is 6.92 Å². The summed E-state index contributed by atoms with van der Waals surface area (Å²) in [4.78, 5) is 11.8. The van der Waals surface area contributed by atoms with Gasteiger partial charge in [0.2, 0.25) is 0 Å². The fourth-order valence-electron chi connectivity index (χ4n) is 1.91. The summed E-state index contributed by atoms with van der Waals surface area (Å²) in [6, 6.07) is 12.5. The summed E-state index contributed by atoms with van der Waals surface area (Å²) in [6.07, 6.45) is 0. The SMILES string of the molecule is CCOc1ccc(Nc2ccc(N)cc2C(=O)OC)cc1. The number of esters is 1. The Balaban J connectivity index is 2.24. The van der Waals surface area contributed by atoms with Gasteiger partial charge in [0.1, 0.15) is 5.75 Å². The Bertz CT molecular complexity index is 624. The van der Waals surface area contributed by atoms with Gasteiger partial charge in [-0.3, -0.25) is 0 Å². The summed E-state index contributed by atoms with van der Waals surface area (Å²) >= 11 is 0. The number of carbonyl (C=O) groups is 1. The van der Waals surface area contributed by atoms with Crippen molar-refractivity contribution in [1.82, 2.24) is 0 Å². The first-order valence-corrected chi connectivity index (χ1v) is 6.61. The maximum atomic E-state index is 11.8. The van der Waals surface area contributed by atoms with Crippen LogP contribution in [0.4, 0.5) is 17.1 Å². The number of benzene rings is 2. The number of rotatable bonds is 5. The monoisotopic (exact) mass is 286 g/mol. The standard InChI is InChI=1S/C16H18N2O3/c1-3-21-13-7-5-12(6-8-13)18-15-9-4-11(17)10-14(15)16(19)20-2/h4-10,18H,3,17H2,1-2H3. The molecule has 0 amide bonds. The molecule has 0 radical (unpaired) electrons. The normalized spacial score (nSPS) is 10.0. The van der Waals surface area contributed by atoms with Crippen LogP contribution in [-0.4, -0.2) is 19.7 Å². The van der Waals surface area contributed by atoms with Crippen molar-refractivity contribution in [2.24, 2.45) is 0 Å². The van der Waals surface area contributed by atoms with E-state index in [1.807, 2.05) is 31.2 Å². The smallest absolute Gasteiger partial charge is 0.340 e. The molecule has 0 saturated heterocycles. The molecular weight excluding hydrogens is 268 g/mol. The van der Waals surface area contributed by atoms with Crippen LogP contribution in [0, 0.1) is 0 Å². The molecule has 21 heavy (non-hydrogen) atoms. The van der Waals surface area contributed by atoms with Crippen molar-refractivity contribution in [1.29, 1.82) is 0 Å². The Hall–Kier alpha value is -2.69. The zero-order chi connectivity index (χ0) is 15.2. The number of anilines is 3. The van der Waals surface area contributed by atoms with Crippen molar-refractivity contribution < 1.29 is 14.3 Å². The molecule has 0 aromatic heterocycles. The molecule has 0 unspecified atom stereocenters. The van der Waals surface area contributed by atoms with Gasteiger partial charge < -0.3 is 20.5 Å². The summed E-state index contributed by atoms with van der Waals surface area (Å²) in [5, 5.41) is 3.17. The summed E-state index contributed by atoms with van der Waals surface area (Å²) < 4.78 is 10.2. The first kappa shape index (κ1) is 14.7. The fraction of sp³-hybridized carbons (Fsp3) is 0.188. The van der Waals surface area contributed by atoms with Gasteiger partial charge in [0.25, 0.3) is 0 Å². The van der Waals surface area contributed by atoms with E-state index in [-0.39, 0.29) is 0 Å². The van der Waals surface area contributed by atoms with Crippen molar-refractivity contribution >= 4 is 23.0 Å². The zero-order valence-corrected chi connectivity index (χ0v) is 12.1. The lowest BCUT2D eigenvalue weighted by atomic mass is 10.1. The highest BCUT2D eigenvalue weighted by Gasteiger charge is 2.12. The van der Waals surface area contributed by atoms with Crippen molar-refractivity contribution in [3.05, 3.63) is 48.0 Å². The van der Waals surface area contributed by atoms with Crippen LogP contribution in [0.2, 0.25) is 0 Å².